The van der Waals surface area contributed by atoms with Gasteiger partial charge in [0.2, 0.25) is 0 Å². The molecule has 0 aromatic carbocycles. The fraction of sp³-hybridized carbons (Fsp3) is 1.00. The summed E-state index contributed by atoms with van der Waals surface area (Å²) in [6.45, 7) is 6.87. The normalized spacial score (nSPS) is 11.0. The van der Waals surface area contributed by atoms with E-state index in [1.54, 1.807) is 11.9 Å². The van der Waals surface area contributed by atoms with Crippen LogP contribution in [0.3, 0.4) is 0 Å². The Balaban J connectivity index is -0.000000296. The molecule has 0 radical (unpaired) electrons. The molecule has 0 unspecified atom stereocenters. The van der Waals surface area contributed by atoms with Crippen molar-refractivity contribution in [3.05, 3.63) is 0 Å². The summed E-state index contributed by atoms with van der Waals surface area (Å²) in [5, 5.41) is 0. The third-order valence-corrected chi connectivity index (χ3v) is 13.6. The van der Waals surface area contributed by atoms with E-state index in [0.29, 0.717) is 0 Å². The number of hydrogen-bond acceptors (Lipinski definition) is 4. The molecule has 0 amide bonds. The minimum absolute atomic E-state index is 1.21. The van der Waals surface area contributed by atoms with Crippen molar-refractivity contribution in [2.24, 2.45) is 0 Å². The van der Waals surface area contributed by atoms with Crippen molar-refractivity contribution in [1.82, 2.24) is 0 Å². The molecule has 0 fully saturated rings. The fourth-order valence-corrected chi connectivity index (χ4v) is 9.08. The Labute approximate surface area is 364 Å². The molecular weight excluding hydrogens is 937 g/mol. The Morgan fingerprint density at radius 3 is 0.480 bits per heavy atom. The van der Waals surface area contributed by atoms with E-state index >= 15 is 0 Å². The average Bonchev–Trinajstić information content (AvgIpc) is 3.08. The van der Waals surface area contributed by atoms with Gasteiger partial charge in [-0.05, 0) is 0 Å². The third-order valence-electron chi connectivity index (χ3n) is 9.31. The minimum atomic E-state index is -5.39. The van der Waals surface area contributed by atoms with Gasteiger partial charge in [-0.25, -0.2) is 0 Å². The van der Waals surface area contributed by atoms with Gasteiger partial charge in [0.25, 0.3) is 0 Å². The van der Waals surface area contributed by atoms with Gasteiger partial charge in [-0.15, -0.1) is 0 Å². The van der Waals surface area contributed by atoms with E-state index < -0.39 is 7.82 Å². The molecule has 0 saturated heterocycles. The molecule has 0 atom stereocenters. The Kier molecular flexibility index (Phi) is 69.8. The van der Waals surface area contributed by atoms with Crippen molar-refractivity contribution in [3.8, 4) is 0 Å². The summed E-state index contributed by atoms with van der Waals surface area (Å²) in [4.78, 5) is 25.6. The zero-order valence-corrected chi connectivity index (χ0v) is 47.8. The molecule has 290 valence electrons. The maximum absolute atomic E-state index is 8.55. The van der Waals surface area contributed by atoms with Gasteiger partial charge in [0.05, 0.1) is 0 Å². The SMILES string of the molecule is CCCCCCCCCCCCC[CH2][Cd+].CCCCCCCCCCCCC[CH2][Cd+].CCCCCCCCCCCCC[CH2][Cd+].O=P([O-])([O-])[O-]. The van der Waals surface area contributed by atoms with E-state index in [2.05, 4.69) is 20.8 Å². The van der Waals surface area contributed by atoms with Crippen molar-refractivity contribution < 1.29 is 96.5 Å². The largest absolute Gasteiger partial charge is 0.822 e. The molecule has 8 heteroatoms. The Morgan fingerprint density at radius 2 is 0.380 bits per heavy atom. The number of hydrogen-bond donors (Lipinski definition) is 0. The van der Waals surface area contributed by atoms with Crippen molar-refractivity contribution in [1.29, 1.82) is 0 Å². The maximum Gasteiger partial charge on any atom is -0.159 e. The molecule has 0 aromatic rings. The van der Waals surface area contributed by atoms with Crippen LogP contribution in [0.25, 0.3) is 0 Å². The molecule has 0 rings (SSSR count). The topological polar surface area (TPSA) is 86.2 Å². The first-order valence-electron chi connectivity index (χ1n) is 22.4. The third kappa shape index (κ3) is 83.7. The molecule has 0 aromatic heterocycles. The van der Waals surface area contributed by atoms with E-state index in [4.69, 9.17) is 19.2 Å². The predicted octanol–water partition coefficient (Wildman–Crippen LogP) is 14.1. The van der Waals surface area contributed by atoms with Crippen LogP contribution in [0.1, 0.15) is 252 Å². The molecular formula is C42H87Cd3O4P. The van der Waals surface area contributed by atoms with Crippen LogP contribution < -0.4 is 14.7 Å². The minimum Gasteiger partial charge on any atom is -0.822 e. The second kappa shape index (κ2) is 58.6. The molecule has 0 aliphatic rings. The summed E-state index contributed by atoms with van der Waals surface area (Å²) in [5.41, 5.74) is 0. The van der Waals surface area contributed by atoms with E-state index in [0.717, 1.165) is 0 Å². The van der Waals surface area contributed by atoms with Crippen LogP contribution in [0, 0.1) is 0 Å². The number of rotatable bonds is 36. The summed E-state index contributed by atoms with van der Waals surface area (Å²) in [5.74, 6) is 0. The van der Waals surface area contributed by atoms with Gasteiger partial charge in [0.1, 0.15) is 0 Å². The zero-order chi connectivity index (χ0) is 38.1. The molecule has 0 spiro atoms. The van der Waals surface area contributed by atoms with E-state index in [1.807, 2.05) is 0 Å². The van der Waals surface area contributed by atoms with Crippen LogP contribution in [0.5, 0.6) is 0 Å². The van der Waals surface area contributed by atoms with Crippen LogP contribution in [0.15, 0.2) is 0 Å². The van der Waals surface area contributed by atoms with E-state index in [-0.39, 0.29) is 0 Å². The maximum atomic E-state index is 8.55. The van der Waals surface area contributed by atoms with Gasteiger partial charge >= 0.3 is 301 Å². The van der Waals surface area contributed by atoms with Gasteiger partial charge in [-0.2, -0.15) is 7.82 Å². The van der Waals surface area contributed by atoms with Crippen LogP contribution in [-0.2, 0) is 81.9 Å². The summed E-state index contributed by atoms with van der Waals surface area (Å²) >= 11 is 3.64. The second-order valence-electron chi connectivity index (χ2n) is 14.7. The van der Waals surface area contributed by atoms with Crippen LogP contribution in [-0.4, -0.2) is 0 Å². The van der Waals surface area contributed by atoms with Crippen molar-refractivity contribution in [2.45, 2.75) is 264 Å². The Morgan fingerprint density at radius 1 is 0.280 bits per heavy atom. The molecule has 0 aliphatic carbocycles. The monoisotopic (exact) mass is 1030 g/mol. The summed E-state index contributed by atoms with van der Waals surface area (Å²) in [6.07, 6.45) is 53.3. The number of phosphoric acid groups is 1. The van der Waals surface area contributed by atoms with Crippen molar-refractivity contribution in [2.75, 3.05) is 0 Å². The molecule has 0 heterocycles. The van der Waals surface area contributed by atoms with Gasteiger partial charge in [-0.1, -0.05) is 40.0 Å². The molecule has 0 saturated carbocycles. The van der Waals surface area contributed by atoms with Gasteiger partial charge < -0.3 is 19.2 Å². The van der Waals surface area contributed by atoms with Crippen LogP contribution in [0.2, 0.25) is 11.9 Å². The van der Waals surface area contributed by atoms with Crippen LogP contribution in [0.4, 0.5) is 0 Å². The smallest absolute Gasteiger partial charge is 0.159 e. The molecule has 0 aliphatic heterocycles. The number of unbranched alkanes of at least 4 members (excludes halogenated alkanes) is 33. The molecule has 0 bridgehead atoms. The molecule has 0 N–H and O–H groups in total. The average molecular weight is 1020 g/mol. The molecule has 50 heavy (non-hydrogen) atoms. The zero-order valence-electron chi connectivity index (χ0n) is 34.8. The van der Waals surface area contributed by atoms with Crippen LogP contribution >= 0.6 is 7.82 Å². The van der Waals surface area contributed by atoms with E-state index in [1.165, 1.54) is 308 Å². The first kappa shape index (κ1) is 59.6. The van der Waals surface area contributed by atoms with Crippen molar-refractivity contribution in [3.63, 3.8) is 0 Å². The van der Waals surface area contributed by atoms with Gasteiger partial charge in [0.15, 0.2) is 0 Å². The summed E-state index contributed by atoms with van der Waals surface area (Å²) in [7, 11) is -5.39. The van der Waals surface area contributed by atoms with Crippen molar-refractivity contribution >= 4 is 7.82 Å². The Bertz CT molecular complexity index is 475. The Hall–Kier alpha value is 2.88. The van der Waals surface area contributed by atoms with Gasteiger partial charge in [-0.3, -0.25) is 0 Å². The summed E-state index contributed by atoms with van der Waals surface area (Å²) in [6, 6.07) is 0. The molecule has 4 nitrogen and oxygen atoms in total. The standard InChI is InChI=1S/3C14H29.3Cd.H3O4P/c3*1-3-5-7-9-11-13-14-12-10-8-6-4-2;;;;1-5(2,3)4/h3*1,3-14H2,2H3;;;;(H3,1,2,3,4)/q;;;3*+1;/p-3. The van der Waals surface area contributed by atoms with Gasteiger partial charge in [0, 0.05) is 0 Å². The first-order valence-corrected chi connectivity index (χ1v) is 32.4. The summed E-state index contributed by atoms with van der Waals surface area (Å²) < 4.78 is 13.2. The second-order valence-corrected chi connectivity index (χ2v) is 21.6. The van der Waals surface area contributed by atoms with E-state index in [9.17, 15) is 0 Å². The quantitative estimate of drug-likeness (QED) is 0.0355. The first-order chi connectivity index (χ1) is 24.2. The predicted molar refractivity (Wildman–Crippen MR) is 205 cm³/mol. The fourth-order valence-electron chi connectivity index (χ4n) is 6.05.